The molecule has 0 aliphatic carbocycles. The van der Waals surface area contributed by atoms with Crippen LogP contribution in [0.4, 0.5) is 10.6 Å². The number of piperidine rings is 1. The average Bonchev–Trinajstić information content (AvgIpc) is 2.52. The van der Waals surface area contributed by atoms with E-state index in [9.17, 15) is 9.59 Å². The molecule has 1 atom stereocenters. The lowest BCUT2D eigenvalue weighted by atomic mass is 9.97. The number of pyridine rings is 1. The van der Waals surface area contributed by atoms with Crippen molar-refractivity contribution in [2.45, 2.75) is 51.7 Å². The van der Waals surface area contributed by atoms with Crippen molar-refractivity contribution in [1.29, 1.82) is 0 Å². The summed E-state index contributed by atoms with van der Waals surface area (Å²) in [5.74, 6) is 0.525. The summed E-state index contributed by atoms with van der Waals surface area (Å²) in [6.45, 7) is 6.26. The molecule has 0 bridgehead atoms. The number of rotatable bonds is 3. The van der Waals surface area contributed by atoms with Crippen LogP contribution < -0.4 is 4.90 Å². The lowest BCUT2D eigenvalue weighted by molar-refractivity contribution is -0.121. The molecule has 126 valence electrons. The lowest BCUT2D eigenvalue weighted by Gasteiger charge is -2.33. The molecule has 1 aromatic heterocycles. The van der Waals surface area contributed by atoms with Crippen LogP contribution in [0.25, 0.3) is 0 Å². The minimum absolute atomic E-state index is 0.0784. The van der Waals surface area contributed by atoms with Gasteiger partial charge in [-0.2, -0.15) is 0 Å². The minimum atomic E-state index is -0.544. The molecule has 1 aliphatic heterocycles. The van der Waals surface area contributed by atoms with Gasteiger partial charge in [0.15, 0.2) is 0 Å². The summed E-state index contributed by atoms with van der Waals surface area (Å²) < 4.78 is 5.33. The van der Waals surface area contributed by atoms with Gasteiger partial charge in [-0.1, -0.05) is 6.07 Å². The number of amides is 2. The molecule has 2 amide bonds. The summed E-state index contributed by atoms with van der Waals surface area (Å²) in [7, 11) is 1.63. The van der Waals surface area contributed by atoms with Crippen LogP contribution in [0.3, 0.4) is 0 Å². The smallest absolute Gasteiger partial charge is 0.415 e. The van der Waals surface area contributed by atoms with E-state index < -0.39 is 11.7 Å². The quantitative estimate of drug-likeness (QED) is 0.803. The number of anilines is 1. The Morgan fingerprint density at radius 1 is 1.39 bits per heavy atom. The maximum atomic E-state index is 12.1. The van der Waals surface area contributed by atoms with Crippen molar-refractivity contribution in [3.8, 4) is 0 Å². The van der Waals surface area contributed by atoms with Gasteiger partial charge in [0.2, 0.25) is 6.41 Å². The highest BCUT2D eigenvalue weighted by molar-refractivity contribution is 5.85. The number of ether oxygens (including phenoxy) is 1. The molecule has 23 heavy (non-hydrogen) atoms. The van der Waals surface area contributed by atoms with E-state index in [0.717, 1.165) is 37.8 Å². The molecule has 0 aromatic carbocycles. The molecular weight excluding hydrogens is 294 g/mol. The van der Waals surface area contributed by atoms with Crippen molar-refractivity contribution in [3.05, 3.63) is 23.9 Å². The van der Waals surface area contributed by atoms with Crippen molar-refractivity contribution < 1.29 is 14.3 Å². The number of likely N-dealkylation sites (tertiary alicyclic amines) is 1. The molecule has 1 aliphatic rings. The normalized spacial score (nSPS) is 18.4. The third kappa shape index (κ3) is 4.43. The zero-order chi connectivity index (χ0) is 17.0. The van der Waals surface area contributed by atoms with Crippen molar-refractivity contribution in [2.75, 3.05) is 18.5 Å². The third-order valence-corrected chi connectivity index (χ3v) is 3.85. The number of nitrogens with zero attached hydrogens (tertiary/aromatic N) is 3. The molecule has 2 heterocycles. The molecule has 0 radical (unpaired) electrons. The van der Waals surface area contributed by atoms with E-state index in [-0.39, 0.29) is 6.04 Å². The Morgan fingerprint density at radius 2 is 2.13 bits per heavy atom. The van der Waals surface area contributed by atoms with Crippen molar-refractivity contribution >= 4 is 18.3 Å². The first-order valence-corrected chi connectivity index (χ1v) is 7.95. The van der Waals surface area contributed by atoms with E-state index in [1.54, 1.807) is 19.3 Å². The molecule has 1 fully saturated rings. The predicted molar refractivity (Wildman–Crippen MR) is 88.2 cm³/mol. The molecule has 1 saturated heterocycles. The molecule has 2 rings (SSSR count). The number of carbonyl (C=O) groups excluding carboxylic acids is 2. The first-order chi connectivity index (χ1) is 10.8. The van der Waals surface area contributed by atoms with Crippen LogP contribution >= 0.6 is 0 Å². The van der Waals surface area contributed by atoms with E-state index in [1.807, 2.05) is 31.7 Å². The van der Waals surface area contributed by atoms with Crippen molar-refractivity contribution in [3.63, 3.8) is 0 Å². The van der Waals surface area contributed by atoms with Crippen LogP contribution in [0.1, 0.15) is 51.6 Å². The fraction of sp³-hybridized carbons (Fsp3) is 0.588. The van der Waals surface area contributed by atoms with E-state index in [1.165, 1.54) is 4.90 Å². The van der Waals surface area contributed by atoms with Crippen LogP contribution in [-0.2, 0) is 9.53 Å². The highest BCUT2D eigenvalue weighted by Gasteiger charge is 2.24. The summed E-state index contributed by atoms with van der Waals surface area (Å²) in [4.78, 5) is 30.8. The minimum Gasteiger partial charge on any atom is -0.443 e. The Labute approximate surface area is 137 Å². The first kappa shape index (κ1) is 17.2. The Kier molecular flexibility index (Phi) is 5.23. The second-order valence-electron chi connectivity index (χ2n) is 6.84. The average molecular weight is 319 g/mol. The molecule has 1 unspecified atom stereocenters. The molecule has 6 heteroatoms. The fourth-order valence-electron chi connectivity index (χ4n) is 2.65. The highest BCUT2D eigenvalue weighted by atomic mass is 16.6. The van der Waals surface area contributed by atoms with Gasteiger partial charge in [-0.15, -0.1) is 0 Å². The van der Waals surface area contributed by atoms with Crippen LogP contribution in [0.5, 0.6) is 0 Å². The molecule has 1 aromatic rings. The molecule has 0 spiro atoms. The van der Waals surface area contributed by atoms with Crippen molar-refractivity contribution in [2.24, 2.45) is 0 Å². The van der Waals surface area contributed by atoms with E-state index in [4.69, 9.17) is 4.74 Å². The topological polar surface area (TPSA) is 62.7 Å². The van der Waals surface area contributed by atoms with Gasteiger partial charge >= 0.3 is 6.09 Å². The van der Waals surface area contributed by atoms with Gasteiger partial charge in [-0.25, -0.2) is 9.78 Å². The Balaban J connectivity index is 2.09. The number of carbonyl (C=O) groups is 2. The zero-order valence-electron chi connectivity index (χ0n) is 14.3. The summed E-state index contributed by atoms with van der Waals surface area (Å²) in [6, 6.07) is 3.79. The zero-order valence-corrected chi connectivity index (χ0v) is 14.3. The molecule has 0 N–H and O–H groups in total. The standard InChI is InChI=1S/C17H25N3O3/c1-17(2,3)23-16(22)19(4)15-9-8-13(11-18-15)14-7-5-6-10-20(14)12-21/h8-9,11-12,14H,5-7,10H2,1-4H3. The highest BCUT2D eigenvalue weighted by Crippen LogP contribution is 2.30. The van der Waals surface area contributed by atoms with Crippen LogP contribution in [0, 0.1) is 0 Å². The van der Waals surface area contributed by atoms with Gasteiger partial charge in [0.1, 0.15) is 11.4 Å². The Morgan fingerprint density at radius 3 is 2.70 bits per heavy atom. The maximum absolute atomic E-state index is 12.1. The number of aromatic nitrogens is 1. The fourth-order valence-corrected chi connectivity index (χ4v) is 2.65. The summed E-state index contributed by atoms with van der Waals surface area (Å²) >= 11 is 0. The summed E-state index contributed by atoms with van der Waals surface area (Å²) in [5, 5.41) is 0. The van der Waals surface area contributed by atoms with Gasteiger partial charge in [-0.3, -0.25) is 9.69 Å². The summed E-state index contributed by atoms with van der Waals surface area (Å²) in [6.07, 6.45) is 5.30. The maximum Gasteiger partial charge on any atom is 0.415 e. The van der Waals surface area contributed by atoms with Gasteiger partial charge < -0.3 is 9.64 Å². The van der Waals surface area contributed by atoms with Crippen LogP contribution in [-0.4, -0.2) is 41.6 Å². The molecule has 0 saturated carbocycles. The van der Waals surface area contributed by atoms with Gasteiger partial charge in [0.05, 0.1) is 6.04 Å². The van der Waals surface area contributed by atoms with Crippen molar-refractivity contribution in [1.82, 2.24) is 9.88 Å². The monoisotopic (exact) mass is 319 g/mol. The van der Waals surface area contributed by atoms with E-state index in [0.29, 0.717) is 5.82 Å². The second-order valence-corrected chi connectivity index (χ2v) is 6.84. The Bertz CT molecular complexity index is 551. The van der Waals surface area contributed by atoms with E-state index >= 15 is 0 Å². The summed E-state index contributed by atoms with van der Waals surface area (Å²) in [5.41, 5.74) is 0.454. The first-order valence-electron chi connectivity index (χ1n) is 7.95. The van der Waals surface area contributed by atoms with Crippen LogP contribution in [0.2, 0.25) is 0 Å². The Hall–Kier alpha value is -2.11. The second kappa shape index (κ2) is 6.98. The number of hydrogen-bond donors (Lipinski definition) is 0. The molecule has 6 nitrogen and oxygen atoms in total. The third-order valence-electron chi connectivity index (χ3n) is 3.85. The lowest BCUT2D eigenvalue weighted by Crippen LogP contribution is -2.35. The van der Waals surface area contributed by atoms with Gasteiger partial charge in [0, 0.05) is 19.8 Å². The van der Waals surface area contributed by atoms with E-state index in [2.05, 4.69) is 4.98 Å². The predicted octanol–water partition coefficient (Wildman–Crippen LogP) is 3.14. The number of hydrogen-bond acceptors (Lipinski definition) is 4. The van der Waals surface area contributed by atoms with Gasteiger partial charge in [-0.05, 0) is 51.7 Å². The van der Waals surface area contributed by atoms with Gasteiger partial charge in [0.25, 0.3) is 0 Å². The SMILES string of the molecule is CN(C(=O)OC(C)(C)C)c1ccc(C2CCCCN2C=O)cn1. The molecular formula is C17H25N3O3. The largest absolute Gasteiger partial charge is 0.443 e. The van der Waals surface area contributed by atoms with Crippen LogP contribution in [0.15, 0.2) is 18.3 Å².